The fourth-order valence-electron chi connectivity index (χ4n) is 2.75. The topological polar surface area (TPSA) is 15.3 Å². The molecule has 2 unspecified atom stereocenters. The maximum Gasteiger partial charge on any atom is 0.129 e. The van der Waals surface area contributed by atoms with E-state index >= 15 is 0 Å². The van der Waals surface area contributed by atoms with E-state index in [4.69, 9.17) is 0 Å². The summed E-state index contributed by atoms with van der Waals surface area (Å²) in [6, 6.07) is 5.44. The summed E-state index contributed by atoms with van der Waals surface area (Å²) in [6.45, 7) is 13.4. The van der Waals surface area contributed by atoms with Gasteiger partial charge in [0.25, 0.3) is 0 Å². The van der Waals surface area contributed by atoms with Gasteiger partial charge < -0.3 is 10.2 Å². The molecule has 1 heterocycles. The maximum absolute atomic E-state index is 14.3. The smallest absolute Gasteiger partial charge is 0.129 e. The van der Waals surface area contributed by atoms with Crippen LogP contribution in [0, 0.1) is 5.82 Å². The fraction of sp³-hybridized carbons (Fsp3) is 0.647. The van der Waals surface area contributed by atoms with E-state index < -0.39 is 0 Å². The molecule has 1 N–H and O–H groups in total. The number of rotatable bonds is 3. The van der Waals surface area contributed by atoms with Gasteiger partial charge in [-0.05, 0) is 32.9 Å². The van der Waals surface area contributed by atoms with Gasteiger partial charge in [0.1, 0.15) is 5.82 Å². The Morgan fingerprint density at radius 1 is 1.24 bits per heavy atom. The van der Waals surface area contributed by atoms with Crippen molar-refractivity contribution in [1.29, 1.82) is 0 Å². The minimum atomic E-state index is -0.109. The number of hydrogen-bond acceptors (Lipinski definition) is 3. The highest BCUT2D eigenvalue weighted by Gasteiger charge is 2.25. The zero-order chi connectivity index (χ0) is 15.6. The molecule has 2 rings (SSSR count). The van der Waals surface area contributed by atoms with Gasteiger partial charge >= 0.3 is 0 Å². The second-order valence-corrected chi connectivity index (χ2v) is 8.89. The molecule has 1 fully saturated rings. The summed E-state index contributed by atoms with van der Waals surface area (Å²) >= 11 is 2.02. The lowest BCUT2D eigenvalue weighted by molar-refractivity contribution is 0.418. The Kier molecular flexibility index (Phi) is 5.20. The number of halogens is 1. The van der Waals surface area contributed by atoms with Crippen LogP contribution in [0.15, 0.2) is 18.2 Å². The monoisotopic (exact) mass is 310 g/mol. The van der Waals surface area contributed by atoms with Gasteiger partial charge in [0.05, 0.1) is 0 Å². The third-order valence-corrected chi connectivity index (χ3v) is 4.88. The number of anilines is 1. The molecule has 0 aromatic heterocycles. The van der Waals surface area contributed by atoms with Crippen molar-refractivity contribution in [3.63, 3.8) is 0 Å². The number of thioether (sulfide) groups is 1. The molecule has 1 aliphatic rings. The van der Waals surface area contributed by atoms with Crippen molar-refractivity contribution in [2.75, 3.05) is 18.0 Å². The first-order valence-electron chi connectivity index (χ1n) is 7.69. The molecular formula is C17H27FN2S. The molecule has 1 aliphatic heterocycles. The Morgan fingerprint density at radius 2 is 1.86 bits per heavy atom. The van der Waals surface area contributed by atoms with Crippen molar-refractivity contribution >= 4 is 17.4 Å². The van der Waals surface area contributed by atoms with Gasteiger partial charge in [-0.1, -0.05) is 19.9 Å². The van der Waals surface area contributed by atoms with E-state index in [2.05, 4.69) is 50.9 Å². The molecular weight excluding hydrogens is 283 g/mol. The van der Waals surface area contributed by atoms with Crippen LogP contribution in [-0.4, -0.2) is 29.1 Å². The lowest BCUT2D eigenvalue weighted by Gasteiger charge is -2.37. The Morgan fingerprint density at radius 3 is 2.43 bits per heavy atom. The van der Waals surface area contributed by atoms with Gasteiger partial charge in [0, 0.05) is 46.9 Å². The highest BCUT2D eigenvalue weighted by Crippen LogP contribution is 2.31. The number of hydrogen-bond donors (Lipinski definition) is 1. The van der Waals surface area contributed by atoms with Gasteiger partial charge in [-0.2, -0.15) is 11.8 Å². The molecule has 0 radical (unpaired) electrons. The molecule has 1 aromatic carbocycles. The van der Waals surface area contributed by atoms with Crippen LogP contribution in [0.1, 0.15) is 40.2 Å². The largest absolute Gasteiger partial charge is 0.369 e. The second-order valence-electron chi connectivity index (χ2n) is 7.00. The molecule has 21 heavy (non-hydrogen) atoms. The maximum atomic E-state index is 14.3. The molecule has 0 spiro atoms. The summed E-state index contributed by atoms with van der Waals surface area (Å²) < 4.78 is 14.3. The predicted molar refractivity (Wildman–Crippen MR) is 91.7 cm³/mol. The predicted octanol–water partition coefficient (Wildman–Crippen LogP) is 4.04. The zero-order valence-corrected chi connectivity index (χ0v) is 14.6. The Hall–Kier alpha value is -0.740. The zero-order valence-electron chi connectivity index (χ0n) is 13.7. The van der Waals surface area contributed by atoms with Gasteiger partial charge in [-0.25, -0.2) is 4.39 Å². The van der Waals surface area contributed by atoms with E-state index in [1.165, 1.54) is 0 Å². The van der Waals surface area contributed by atoms with Crippen molar-refractivity contribution in [2.45, 2.75) is 57.2 Å². The highest BCUT2D eigenvalue weighted by molar-refractivity contribution is 8.00. The average Bonchev–Trinajstić information content (AvgIpc) is 2.34. The van der Waals surface area contributed by atoms with E-state index in [1.54, 1.807) is 6.07 Å². The average molecular weight is 310 g/mol. The fourth-order valence-corrected chi connectivity index (χ4v) is 4.07. The van der Waals surface area contributed by atoms with Crippen LogP contribution in [-0.2, 0) is 6.54 Å². The van der Waals surface area contributed by atoms with E-state index in [9.17, 15) is 4.39 Å². The van der Waals surface area contributed by atoms with Crippen LogP contribution >= 0.6 is 11.8 Å². The van der Waals surface area contributed by atoms with Crippen molar-refractivity contribution in [3.05, 3.63) is 29.6 Å². The molecule has 4 heteroatoms. The van der Waals surface area contributed by atoms with Crippen molar-refractivity contribution in [2.24, 2.45) is 0 Å². The Labute approximate surface area is 132 Å². The van der Waals surface area contributed by atoms with Crippen LogP contribution in [0.5, 0.6) is 0 Å². The molecule has 2 atom stereocenters. The van der Waals surface area contributed by atoms with E-state index in [0.29, 0.717) is 17.0 Å². The van der Waals surface area contributed by atoms with Crippen LogP contribution in [0.3, 0.4) is 0 Å². The number of benzene rings is 1. The summed E-state index contributed by atoms with van der Waals surface area (Å²) in [5, 5.41) is 4.58. The Balaban J connectivity index is 2.24. The molecule has 1 saturated heterocycles. The van der Waals surface area contributed by atoms with Crippen LogP contribution in [0.4, 0.5) is 10.1 Å². The first kappa shape index (κ1) is 16.6. The first-order valence-corrected chi connectivity index (χ1v) is 8.63. The van der Waals surface area contributed by atoms with Crippen molar-refractivity contribution in [1.82, 2.24) is 5.32 Å². The van der Waals surface area contributed by atoms with Gasteiger partial charge in [0.2, 0.25) is 0 Å². The second kappa shape index (κ2) is 6.57. The summed E-state index contributed by atoms with van der Waals surface area (Å²) in [5.41, 5.74) is 1.82. The molecule has 0 bridgehead atoms. The van der Waals surface area contributed by atoms with Crippen LogP contribution < -0.4 is 10.2 Å². The summed E-state index contributed by atoms with van der Waals surface area (Å²) in [4.78, 5) is 2.34. The van der Waals surface area contributed by atoms with Gasteiger partial charge in [-0.3, -0.25) is 0 Å². The standard InChI is InChI=1S/C17H27FN2S/c1-12-10-20(11-13(2)21-12)16-8-6-7-15(18)14(16)9-19-17(3,4)5/h6-8,12-13,19H,9-11H2,1-5H3. The minimum absolute atomic E-state index is 0.0160. The SMILES string of the molecule is CC1CN(c2cccc(F)c2CNC(C)(C)C)CC(C)S1. The van der Waals surface area contributed by atoms with Gasteiger partial charge in [-0.15, -0.1) is 0 Å². The number of nitrogens with zero attached hydrogens (tertiary/aromatic N) is 1. The highest BCUT2D eigenvalue weighted by atomic mass is 32.2. The molecule has 0 amide bonds. The molecule has 2 nitrogen and oxygen atoms in total. The summed E-state index contributed by atoms with van der Waals surface area (Å²) in [7, 11) is 0. The van der Waals surface area contributed by atoms with Crippen LogP contribution in [0.2, 0.25) is 0 Å². The number of nitrogens with one attached hydrogen (secondary N) is 1. The lowest BCUT2D eigenvalue weighted by atomic mass is 10.1. The third-order valence-electron chi connectivity index (χ3n) is 3.65. The molecule has 0 saturated carbocycles. The van der Waals surface area contributed by atoms with Crippen molar-refractivity contribution < 1.29 is 4.39 Å². The van der Waals surface area contributed by atoms with E-state index in [1.807, 2.05) is 17.8 Å². The lowest BCUT2D eigenvalue weighted by Crippen LogP contribution is -2.42. The molecule has 0 aliphatic carbocycles. The van der Waals surface area contributed by atoms with Gasteiger partial charge in [0.15, 0.2) is 0 Å². The van der Waals surface area contributed by atoms with E-state index in [-0.39, 0.29) is 11.4 Å². The normalized spacial score (nSPS) is 23.4. The van der Waals surface area contributed by atoms with E-state index in [0.717, 1.165) is 24.3 Å². The first-order chi connectivity index (χ1) is 9.76. The Bertz CT molecular complexity index is 474. The molecule has 1 aromatic rings. The third kappa shape index (κ3) is 4.62. The van der Waals surface area contributed by atoms with Crippen LogP contribution in [0.25, 0.3) is 0 Å². The summed E-state index contributed by atoms with van der Waals surface area (Å²) in [5.74, 6) is -0.109. The summed E-state index contributed by atoms with van der Waals surface area (Å²) in [6.07, 6.45) is 0. The van der Waals surface area contributed by atoms with Crippen molar-refractivity contribution in [3.8, 4) is 0 Å². The molecule has 118 valence electrons. The minimum Gasteiger partial charge on any atom is -0.369 e. The quantitative estimate of drug-likeness (QED) is 0.907.